The Labute approximate surface area is 108 Å². The summed E-state index contributed by atoms with van der Waals surface area (Å²) in [7, 11) is 0. The van der Waals surface area contributed by atoms with Crippen LogP contribution in [0.1, 0.15) is 18.3 Å². The summed E-state index contributed by atoms with van der Waals surface area (Å²) < 4.78 is 4.74. The normalized spacial score (nSPS) is 9.28. The number of hydrogen-bond acceptors (Lipinski definition) is 8. The molecular formula is C10H9N5O2S. The van der Waals surface area contributed by atoms with E-state index in [1.807, 2.05) is 0 Å². The van der Waals surface area contributed by atoms with E-state index in [0.717, 1.165) is 11.8 Å². The van der Waals surface area contributed by atoms with E-state index in [2.05, 4.69) is 9.97 Å². The minimum absolute atomic E-state index is 0.00252. The molecule has 0 unspecified atom stereocenters. The molecule has 0 aliphatic rings. The van der Waals surface area contributed by atoms with Gasteiger partial charge < -0.3 is 10.5 Å². The topological polar surface area (TPSA) is 126 Å². The third kappa shape index (κ3) is 3.34. The number of hydrogen-bond donors (Lipinski definition) is 1. The number of nitrogens with zero attached hydrogens (tertiary/aromatic N) is 4. The van der Waals surface area contributed by atoms with E-state index < -0.39 is 5.97 Å². The molecule has 1 aromatic heterocycles. The fraction of sp³-hybridized carbons (Fsp3) is 0.300. The van der Waals surface area contributed by atoms with Gasteiger partial charge in [0.2, 0.25) is 0 Å². The van der Waals surface area contributed by atoms with E-state index >= 15 is 0 Å². The molecule has 0 radical (unpaired) electrons. The van der Waals surface area contributed by atoms with Gasteiger partial charge in [-0.1, -0.05) is 11.8 Å². The molecule has 0 atom stereocenters. The minimum atomic E-state index is -0.420. The molecule has 7 nitrogen and oxygen atoms in total. The number of esters is 1. The van der Waals surface area contributed by atoms with Crippen LogP contribution in [0, 0.1) is 22.7 Å². The lowest BCUT2D eigenvalue weighted by Crippen LogP contribution is -2.08. The second kappa shape index (κ2) is 6.42. The van der Waals surface area contributed by atoms with E-state index in [4.69, 9.17) is 21.0 Å². The van der Waals surface area contributed by atoms with Crippen LogP contribution < -0.4 is 5.73 Å². The summed E-state index contributed by atoms with van der Waals surface area (Å²) in [5, 5.41) is 17.8. The highest BCUT2D eigenvalue weighted by Crippen LogP contribution is 2.21. The molecule has 0 aliphatic carbocycles. The van der Waals surface area contributed by atoms with Crippen molar-refractivity contribution in [3.05, 3.63) is 11.4 Å². The lowest BCUT2D eigenvalue weighted by atomic mass is 10.4. The molecule has 92 valence electrons. The summed E-state index contributed by atoms with van der Waals surface area (Å²) in [4.78, 5) is 18.8. The van der Waals surface area contributed by atoms with Crippen LogP contribution in [0.25, 0.3) is 0 Å². The van der Waals surface area contributed by atoms with E-state index in [-0.39, 0.29) is 34.6 Å². The van der Waals surface area contributed by atoms with E-state index in [1.54, 1.807) is 19.1 Å². The Bertz CT molecular complexity index is 546. The maximum absolute atomic E-state index is 11.2. The number of nitriles is 2. The highest BCUT2D eigenvalue weighted by Gasteiger charge is 2.13. The molecule has 8 heteroatoms. The maximum atomic E-state index is 11.2. The summed E-state index contributed by atoms with van der Waals surface area (Å²) in [5.74, 6) is -0.485. The van der Waals surface area contributed by atoms with Crippen LogP contribution in [0.4, 0.5) is 5.82 Å². The van der Waals surface area contributed by atoms with Gasteiger partial charge in [0.05, 0.1) is 12.4 Å². The van der Waals surface area contributed by atoms with Crippen LogP contribution >= 0.6 is 11.8 Å². The van der Waals surface area contributed by atoms with Gasteiger partial charge in [0, 0.05) is 0 Å². The molecule has 18 heavy (non-hydrogen) atoms. The predicted octanol–water partition coefficient (Wildman–Crippen LogP) is 0.457. The molecule has 0 saturated carbocycles. The molecule has 0 bridgehead atoms. The van der Waals surface area contributed by atoms with Crippen LogP contribution in [0.2, 0.25) is 0 Å². The second-order valence-corrected chi connectivity index (χ2v) is 3.89. The lowest BCUT2D eigenvalue weighted by Gasteiger charge is -2.04. The van der Waals surface area contributed by atoms with Crippen LogP contribution in [0.15, 0.2) is 5.03 Å². The van der Waals surface area contributed by atoms with E-state index in [0.29, 0.717) is 0 Å². The first-order valence-corrected chi connectivity index (χ1v) is 5.87. The van der Waals surface area contributed by atoms with E-state index in [1.165, 1.54) is 0 Å². The molecule has 0 saturated heterocycles. The van der Waals surface area contributed by atoms with Gasteiger partial charge in [-0.15, -0.1) is 0 Å². The molecule has 0 aromatic carbocycles. The molecule has 0 spiro atoms. The van der Waals surface area contributed by atoms with Crippen molar-refractivity contribution in [1.82, 2.24) is 9.97 Å². The fourth-order valence-electron chi connectivity index (χ4n) is 1.02. The minimum Gasteiger partial charge on any atom is -0.465 e. The molecule has 1 aromatic rings. The number of aromatic nitrogens is 2. The zero-order valence-corrected chi connectivity index (χ0v) is 10.3. The van der Waals surface area contributed by atoms with Crippen molar-refractivity contribution in [1.29, 1.82) is 10.5 Å². The molecule has 1 heterocycles. The van der Waals surface area contributed by atoms with Crippen molar-refractivity contribution in [3.63, 3.8) is 0 Å². The standard InChI is InChI=1S/C10H9N5O2S/c1-2-17-8(16)5-18-10-7(4-12)14-6(3-11)9(13)15-10/h2,5H2,1H3,(H2,13,15). The average molecular weight is 263 g/mol. The average Bonchev–Trinajstić information content (AvgIpc) is 2.36. The van der Waals surface area contributed by atoms with Gasteiger partial charge in [0.1, 0.15) is 17.2 Å². The summed E-state index contributed by atoms with van der Waals surface area (Å²) in [5.41, 5.74) is 5.35. The van der Waals surface area contributed by atoms with Crippen LogP contribution in [-0.4, -0.2) is 28.3 Å². The fourth-order valence-corrected chi connectivity index (χ4v) is 1.75. The number of rotatable bonds is 4. The van der Waals surface area contributed by atoms with Gasteiger partial charge in [-0.2, -0.15) is 10.5 Å². The van der Waals surface area contributed by atoms with Gasteiger partial charge >= 0.3 is 5.97 Å². The van der Waals surface area contributed by atoms with Crippen molar-refractivity contribution in [3.8, 4) is 12.1 Å². The molecule has 1 rings (SSSR count). The van der Waals surface area contributed by atoms with Gasteiger partial charge in [-0.3, -0.25) is 4.79 Å². The zero-order valence-electron chi connectivity index (χ0n) is 9.51. The van der Waals surface area contributed by atoms with Crippen molar-refractivity contribution < 1.29 is 9.53 Å². The maximum Gasteiger partial charge on any atom is 0.316 e. The summed E-state index contributed by atoms with van der Waals surface area (Å²) in [6.45, 7) is 1.98. The Morgan fingerprint density at radius 2 is 2.06 bits per heavy atom. The van der Waals surface area contributed by atoms with Crippen molar-refractivity contribution in [2.75, 3.05) is 18.1 Å². The molecule has 2 N–H and O–H groups in total. The molecule has 0 aliphatic heterocycles. The summed E-state index contributed by atoms with van der Waals surface area (Å²) in [6, 6.07) is 3.53. The number of thioether (sulfide) groups is 1. The third-order valence-electron chi connectivity index (χ3n) is 1.73. The number of anilines is 1. The Kier molecular flexibility index (Phi) is 4.90. The lowest BCUT2D eigenvalue weighted by molar-refractivity contribution is -0.139. The van der Waals surface area contributed by atoms with E-state index in [9.17, 15) is 4.79 Å². The van der Waals surface area contributed by atoms with Gasteiger partial charge in [-0.25, -0.2) is 9.97 Å². The first-order chi connectivity index (χ1) is 8.62. The summed E-state index contributed by atoms with van der Waals surface area (Å²) in [6.07, 6.45) is 0. The number of carbonyl (C=O) groups is 1. The van der Waals surface area contributed by atoms with Gasteiger partial charge in [0.25, 0.3) is 0 Å². The molecule has 0 fully saturated rings. The first-order valence-electron chi connectivity index (χ1n) is 4.88. The highest BCUT2D eigenvalue weighted by molar-refractivity contribution is 7.99. The highest BCUT2D eigenvalue weighted by atomic mass is 32.2. The van der Waals surface area contributed by atoms with Gasteiger partial charge in [0.15, 0.2) is 17.2 Å². The largest absolute Gasteiger partial charge is 0.465 e. The monoisotopic (exact) mass is 263 g/mol. The van der Waals surface area contributed by atoms with Crippen LogP contribution in [-0.2, 0) is 9.53 Å². The molecule has 0 amide bonds. The Hall–Kier alpha value is -2.32. The second-order valence-electron chi connectivity index (χ2n) is 2.93. The van der Waals surface area contributed by atoms with Crippen molar-refractivity contribution in [2.45, 2.75) is 11.9 Å². The zero-order chi connectivity index (χ0) is 13.5. The first kappa shape index (κ1) is 13.7. The number of nitrogen functional groups attached to an aromatic ring is 1. The quantitative estimate of drug-likeness (QED) is 0.613. The number of carbonyl (C=O) groups excluding carboxylic acids is 1. The Morgan fingerprint density at radius 3 is 2.61 bits per heavy atom. The van der Waals surface area contributed by atoms with Crippen LogP contribution in [0.5, 0.6) is 0 Å². The Morgan fingerprint density at radius 1 is 1.39 bits per heavy atom. The number of ether oxygens (including phenoxy) is 1. The Balaban J connectivity index is 2.90. The SMILES string of the molecule is CCOC(=O)CSc1nc(N)c(C#N)nc1C#N. The van der Waals surface area contributed by atoms with Crippen molar-refractivity contribution in [2.24, 2.45) is 0 Å². The third-order valence-corrected chi connectivity index (χ3v) is 2.67. The smallest absolute Gasteiger partial charge is 0.316 e. The van der Waals surface area contributed by atoms with Crippen molar-refractivity contribution >= 4 is 23.5 Å². The van der Waals surface area contributed by atoms with Gasteiger partial charge in [-0.05, 0) is 6.92 Å². The van der Waals surface area contributed by atoms with Crippen LogP contribution in [0.3, 0.4) is 0 Å². The molecular weight excluding hydrogens is 254 g/mol. The summed E-state index contributed by atoms with van der Waals surface area (Å²) >= 11 is 0.993. The predicted molar refractivity (Wildman–Crippen MR) is 63.2 cm³/mol. The number of nitrogens with two attached hydrogens (primary N) is 1.